The SMILES string of the molecule is Cc1sc(C(=O)c2cncnc2N[C@@H]2C[C@H](COS(N)(=O)=O)[C@@H](O)[C@@H]2F)cc1[C@@H]1OCCc2ccc(Cl)cc21. The number of benzene rings is 1. The number of aryl methyl sites for hydroxylation is 1. The van der Waals surface area contributed by atoms with Crippen LogP contribution in [-0.4, -0.2) is 60.8 Å². The van der Waals surface area contributed by atoms with Gasteiger partial charge < -0.3 is 15.2 Å². The third kappa shape index (κ3) is 5.99. The predicted octanol–water partition coefficient (Wildman–Crippen LogP) is 3.11. The molecule has 3 aromatic rings. The molecule has 0 radical (unpaired) electrons. The van der Waals surface area contributed by atoms with Gasteiger partial charge in [0.2, 0.25) is 5.78 Å². The molecule has 4 N–H and O–H groups in total. The summed E-state index contributed by atoms with van der Waals surface area (Å²) in [6.45, 7) is 1.99. The van der Waals surface area contributed by atoms with Crippen LogP contribution in [0.3, 0.4) is 0 Å². The number of aliphatic hydroxyl groups is 1. The highest BCUT2D eigenvalue weighted by atomic mass is 35.5. The lowest BCUT2D eigenvalue weighted by molar-refractivity contribution is 0.0501. The monoisotopic (exact) mass is 596 g/mol. The van der Waals surface area contributed by atoms with Gasteiger partial charge in [0, 0.05) is 22.0 Å². The van der Waals surface area contributed by atoms with Crippen LogP contribution in [-0.2, 0) is 25.6 Å². The van der Waals surface area contributed by atoms with Crippen molar-refractivity contribution >= 4 is 44.8 Å². The summed E-state index contributed by atoms with van der Waals surface area (Å²) in [7, 11) is -4.24. The number of anilines is 1. The number of nitrogens with one attached hydrogen (secondary N) is 1. The molecule has 14 heteroatoms. The fraction of sp³-hybridized carbons (Fsp3) is 0.400. The highest BCUT2D eigenvalue weighted by Crippen LogP contribution is 2.39. The molecular weight excluding hydrogens is 571 g/mol. The highest BCUT2D eigenvalue weighted by Gasteiger charge is 2.44. The summed E-state index contributed by atoms with van der Waals surface area (Å²) in [5, 5.41) is 18.6. The normalized spacial score (nSPS) is 24.9. The zero-order valence-electron chi connectivity index (χ0n) is 20.7. The molecule has 5 atom stereocenters. The number of ether oxygens (including phenoxy) is 1. The Hall–Kier alpha value is -2.52. The van der Waals surface area contributed by atoms with Gasteiger partial charge in [-0.05, 0) is 54.7 Å². The van der Waals surface area contributed by atoms with Crippen LogP contribution in [0.15, 0.2) is 36.8 Å². The smallest absolute Gasteiger partial charge is 0.333 e. The number of carbonyl (C=O) groups excluding carboxylic acids is 1. The van der Waals surface area contributed by atoms with Gasteiger partial charge in [-0.2, -0.15) is 8.42 Å². The van der Waals surface area contributed by atoms with Gasteiger partial charge >= 0.3 is 10.3 Å². The number of alkyl halides is 1. The Bertz CT molecular complexity index is 1500. The molecule has 5 rings (SSSR count). The minimum absolute atomic E-state index is 0.0265. The summed E-state index contributed by atoms with van der Waals surface area (Å²) in [4.78, 5) is 23.1. The number of nitrogens with zero attached hydrogens (tertiary/aromatic N) is 2. The Morgan fingerprint density at radius 2 is 2.15 bits per heavy atom. The lowest BCUT2D eigenvalue weighted by Crippen LogP contribution is -2.33. The second-order valence-electron chi connectivity index (χ2n) is 9.54. The average molecular weight is 597 g/mol. The van der Waals surface area contributed by atoms with E-state index in [4.69, 9.17) is 21.5 Å². The molecule has 208 valence electrons. The van der Waals surface area contributed by atoms with Gasteiger partial charge in [0.05, 0.1) is 35.8 Å². The molecule has 10 nitrogen and oxygen atoms in total. The molecule has 0 saturated heterocycles. The second kappa shape index (κ2) is 11.2. The lowest BCUT2D eigenvalue weighted by atomic mass is 9.93. The number of rotatable bonds is 8. The predicted molar refractivity (Wildman–Crippen MR) is 143 cm³/mol. The summed E-state index contributed by atoms with van der Waals surface area (Å²) < 4.78 is 47.7. The highest BCUT2D eigenvalue weighted by molar-refractivity contribution is 7.84. The van der Waals surface area contributed by atoms with Crippen LogP contribution in [0, 0.1) is 12.8 Å². The van der Waals surface area contributed by atoms with Gasteiger partial charge in [0.1, 0.15) is 24.4 Å². The van der Waals surface area contributed by atoms with Crippen LogP contribution in [0.5, 0.6) is 0 Å². The molecule has 0 spiro atoms. The Balaban J connectivity index is 1.37. The van der Waals surface area contributed by atoms with Crippen LogP contribution in [0.4, 0.5) is 10.2 Å². The number of aromatic nitrogens is 2. The van der Waals surface area contributed by atoms with Crippen molar-refractivity contribution in [2.75, 3.05) is 18.5 Å². The van der Waals surface area contributed by atoms with E-state index in [2.05, 4.69) is 19.5 Å². The number of halogens is 2. The number of ketones is 1. The van der Waals surface area contributed by atoms with Gasteiger partial charge in [0.15, 0.2) is 0 Å². The van der Waals surface area contributed by atoms with E-state index in [0.717, 1.165) is 28.0 Å². The first kappa shape index (κ1) is 28.0. The first-order valence-electron chi connectivity index (χ1n) is 12.1. The number of aliphatic hydroxyl groups excluding tert-OH is 1. The van der Waals surface area contributed by atoms with Gasteiger partial charge in [0.25, 0.3) is 0 Å². The van der Waals surface area contributed by atoms with Crippen LogP contribution < -0.4 is 10.5 Å². The number of hydrogen-bond acceptors (Lipinski definition) is 10. The first-order chi connectivity index (χ1) is 18.5. The van der Waals surface area contributed by atoms with E-state index < -0.39 is 41.1 Å². The molecule has 1 aliphatic carbocycles. The molecule has 2 aliphatic rings. The maximum absolute atomic E-state index is 14.9. The van der Waals surface area contributed by atoms with E-state index in [1.807, 2.05) is 25.1 Å². The zero-order valence-corrected chi connectivity index (χ0v) is 23.1. The Morgan fingerprint density at radius 1 is 1.36 bits per heavy atom. The maximum Gasteiger partial charge on any atom is 0.333 e. The Morgan fingerprint density at radius 3 is 2.92 bits per heavy atom. The summed E-state index contributed by atoms with van der Waals surface area (Å²) >= 11 is 7.55. The zero-order chi connectivity index (χ0) is 27.9. The van der Waals surface area contributed by atoms with Crippen molar-refractivity contribution in [1.29, 1.82) is 0 Å². The lowest BCUT2D eigenvalue weighted by Gasteiger charge is -2.26. The van der Waals surface area contributed by atoms with E-state index in [1.54, 1.807) is 6.07 Å². The van der Waals surface area contributed by atoms with E-state index in [0.29, 0.717) is 16.5 Å². The van der Waals surface area contributed by atoms with Crippen LogP contribution >= 0.6 is 22.9 Å². The van der Waals surface area contributed by atoms with E-state index in [1.165, 1.54) is 23.9 Å². The van der Waals surface area contributed by atoms with Crippen molar-refractivity contribution in [1.82, 2.24) is 9.97 Å². The largest absolute Gasteiger partial charge is 0.390 e. The molecule has 1 aliphatic heterocycles. The average Bonchev–Trinajstić information content (AvgIpc) is 3.41. The van der Waals surface area contributed by atoms with Crippen molar-refractivity contribution < 1.29 is 31.6 Å². The number of nitrogens with two attached hydrogens (primary N) is 1. The van der Waals surface area contributed by atoms with Gasteiger partial charge in [-0.25, -0.2) is 19.5 Å². The van der Waals surface area contributed by atoms with Crippen molar-refractivity contribution in [3.05, 3.63) is 73.8 Å². The Labute approximate surface area is 233 Å². The topological polar surface area (TPSA) is 154 Å². The molecule has 1 fully saturated rings. The third-order valence-electron chi connectivity index (χ3n) is 6.98. The number of hydrogen-bond donors (Lipinski definition) is 3. The van der Waals surface area contributed by atoms with Gasteiger partial charge in [-0.15, -0.1) is 11.3 Å². The van der Waals surface area contributed by atoms with Crippen molar-refractivity contribution in [3.63, 3.8) is 0 Å². The molecule has 39 heavy (non-hydrogen) atoms. The quantitative estimate of drug-likeness (QED) is 0.333. The standard InChI is InChI=1S/C25H26ClFN4O6S2/c1-12-16(24-17-7-15(26)3-2-13(17)4-5-36-24)8-20(38-12)23(33)18-9-29-11-30-25(18)31-19-6-14(22(32)21(19)27)10-37-39(28,34)35/h2-3,7-9,11,14,19,21-22,24,32H,4-6,10H2,1H3,(H2,28,34,35)(H,29,30,31)/t14-,19-,21-,22-,24+/m1/s1. The number of fused-ring (bicyclic) bond motifs is 1. The molecule has 0 amide bonds. The fourth-order valence-electron chi connectivity index (χ4n) is 5.04. The maximum atomic E-state index is 14.9. The summed E-state index contributed by atoms with van der Waals surface area (Å²) in [5.41, 5.74) is 3.10. The second-order valence-corrected chi connectivity index (χ2v) is 12.5. The fourth-order valence-corrected chi connectivity index (χ4v) is 6.59. The summed E-state index contributed by atoms with van der Waals surface area (Å²) in [5.74, 6) is -1.09. The van der Waals surface area contributed by atoms with E-state index in [9.17, 15) is 22.7 Å². The molecule has 0 unspecified atom stereocenters. The number of carbonyl (C=O) groups is 1. The molecule has 0 bridgehead atoms. The minimum atomic E-state index is -4.24. The molecule has 1 aromatic carbocycles. The Kier molecular flexibility index (Phi) is 8.02. The van der Waals surface area contributed by atoms with Crippen molar-refractivity contribution in [3.8, 4) is 0 Å². The summed E-state index contributed by atoms with van der Waals surface area (Å²) in [6, 6.07) is 6.56. The summed E-state index contributed by atoms with van der Waals surface area (Å²) in [6.07, 6.45) is -0.242. The third-order valence-corrected chi connectivity index (χ3v) is 8.75. The number of thiophene rings is 1. The minimum Gasteiger partial charge on any atom is -0.390 e. The first-order valence-corrected chi connectivity index (χ1v) is 14.8. The molecule has 3 heterocycles. The van der Waals surface area contributed by atoms with Crippen LogP contribution in [0.25, 0.3) is 0 Å². The van der Waals surface area contributed by atoms with Crippen LogP contribution in [0.2, 0.25) is 5.02 Å². The van der Waals surface area contributed by atoms with Crippen molar-refractivity contribution in [2.24, 2.45) is 11.1 Å². The van der Waals surface area contributed by atoms with Gasteiger partial charge in [-0.3, -0.25) is 8.98 Å². The van der Waals surface area contributed by atoms with E-state index in [-0.39, 0.29) is 29.7 Å². The van der Waals surface area contributed by atoms with Crippen LogP contribution in [0.1, 0.15) is 49.3 Å². The molecule has 1 saturated carbocycles. The van der Waals surface area contributed by atoms with E-state index >= 15 is 0 Å². The van der Waals surface area contributed by atoms with Gasteiger partial charge in [-0.1, -0.05) is 17.7 Å². The molecule has 2 aromatic heterocycles. The van der Waals surface area contributed by atoms with Crippen molar-refractivity contribution in [2.45, 2.75) is 44.2 Å². The molecular formula is C25H26ClFN4O6S2.